The molecule has 2 aromatic carbocycles. The molecule has 5 heterocycles. The highest BCUT2D eigenvalue weighted by molar-refractivity contribution is 6.89. The van der Waals surface area contributed by atoms with Gasteiger partial charge in [-0.2, -0.15) is 4.57 Å². The van der Waals surface area contributed by atoms with Gasteiger partial charge in [0.1, 0.15) is 5.58 Å². The highest BCUT2D eigenvalue weighted by Crippen LogP contribution is 2.45. The molecule has 0 amide bonds. The number of benzene rings is 2. The van der Waals surface area contributed by atoms with Gasteiger partial charge >= 0.3 is 0 Å². The Bertz CT molecular complexity index is 2230. The van der Waals surface area contributed by atoms with Gasteiger partial charge in [-0.15, -0.1) is 0 Å². The minimum absolute atomic E-state index is 0.139. The second-order valence-corrected chi connectivity index (χ2v) is 22.2. The van der Waals surface area contributed by atoms with E-state index < -0.39 is 8.07 Å². The molecule has 1 fully saturated rings. The number of aromatic nitrogens is 2. The summed E-state index contributed by atoms with van der Waals surface area (Å²) in [5.41, 5.74) is 13.0. The van der Waals surface area contributed by atoms with Crippen LogP contribution in [0.1, 0.15) is 112 Å². The van der Waals surface area contributed by atoms with Crippen LogP contribution < -0.4 is 9.75 Å². The Morgan fingerprint density at radius 1 is 1.00 bits per heavy atom. The van der Waals surface area contributed by atoms with E-state index in [1.54, 1.807) is 10.8 Å². The van der Waals surface area contributed by atoms with Crippen LogP contribution in [0, 0.1) is 5.92 Å². The smallest absolute Gasteiger partial charge is 0.227 e. The number of hydrogen-bond acceptors (Lipinski definition) is 3. The zero-order valence-electron chi connectivity index (χ0n) is 32.3. The summed E-state index contributed by atoms with van der Waals surface area (Å²) < 4.78 is 9.38. The minimum atomic E-state index is -1.65. The van der Waals surface area contributed by atoms with Crippen molar-refractivity contribution in [3.63, 3.8) is 0 Å². The average molecular weight is 707 g/mol. The van der Waals surface area contributed by atoms with Gasteiger partial charge in [-0.25, -0.2) is 4.98 Å². The molecule has 268 valence electrons. The summed E-state index contributed by atoms with van der Waals surface area (Å²) in [6.07, 6.45) is 17.9. The van der Waals surface area contributed by atoms with Crippen molar-refractivity contribution in [3.05, 3.63) is 113 Å². The molecule has 0 radical (unpaired) electrons. The largest absolute Gasteiger partial charge is 0.437 e. The van der Waals surface area contributed by atoms with Crippen molar-refractivity contribution < 1.29 is 8.98 Å². The Labute approximate surface area is 311 Å². The van der Waals surface area contributed by atoms with Gasteiger partial charge in [-0.1, -0.05) is 116 Å². The van der Waals surface area contributed by atoms with Crippen molar-refractivity contribution in [1.82, 2.24) is 4.98 Å². The maximum atomic E-state index is 6.74. The van der Waals surface area contributed by atoms with E-state index >= 15 is 0 Å². The number of hydrogen-bond donors (Lipinski definition) is 0. The van der Waals surface area contributed by atoms with Gasteiger partial charge in [0.25, 0.3) is 0 Å². The first kappa shape index (κ1) is 35.0. The maximum Gasteiger partial charge on any atom is 0.227 e. The molecule has 1 aliphatic carbocycles. The van der Waals surface area contributed by atoms with E-state index in [-0.39, 0.29) is 6.04 Å². The topological polar surface area (TPSA) is 42.3 Å². The number of furan rings is 1. The van der Waals surface area contributed by atoms with Crippen LogP contribution in [0.2, 0.25) is 19.6 Å². The molecule has 5 heteroatoms. The van der Waals surface area contributed by atoms with Gasteiger partial charge in [-0.3, -0.25) is 4.99 Å². The number of pyridine rings is 2. The molecule has 0 saturated heterocycles. The normalized spacial score (nSPS) is 20.6. The molecule has 2 unspecified atom stereocenters. The molecule has 3 aromatic heterocycles. The van der Waals surface area contributed by atoms with Gasteiger partial charge in [0.2, 0.25) is 11.4 Å². The average Bonchev–Trinajstić information content (AvgIpc) is 3.78. The highest BCUT2D eigenvalue weighted by atomic mass is 28.3. The molecule has 2 atom stereocenters. The van der Waals surface area contributed by atoms with Gasteiger partial charge in [0.05, 0.1) is 26.2 Å². The van der Waals surface area contributed by atoms with Crippen molar-refractivity contribution in [2.75, 3.05) is 6.54 Å². The highest BCUT2D eigenvalue weighted by Gasteiger charge is 2.43. The lowest BCUT2D eigenvalue weighted by atomic mass is 9.76. The molecule has 52 heavy (non-hydrogen) atoms. The lowest BCUT2D eigenvalue weighted by molar-refractivity contribution is -0.708. The fourth-order valence-corrected chi connectivity index (χ4v) is 11.1. The van der Waals surface area contributed by atoms with Gasteiger partial charge in [0.15, 0.2) is 12.2 Å². The third-order valence-corrected chi connectivity index (χ3v) is 14.2. The molecule has 0 bridgehead atoms. The van der Waals surface area contributed by atoms with Crippen LogP contribution in [0.25, 0.3) is 33.3 Å². The molecule has 2 aliphatic heterocycles. The molecule has 4 nitrogen and oxygen atoms in total. The summed E-state index contributed by atoms with van der Waals surface area (Å²) >= 11 is 0. The van der Waals surface area contributed by atoms with E-state index in [1.807, 2.05) is 0 Å². The van der Waals surface area contributed by atoms with Gasteiger partial charge in [-0.05, 0) is 78.5 Å². The van der Waals surface area contributed by atoms with Crippen LogP contribution in [0.5, 0.6) is 0 Å². The number of allylic oxidation sites excluding steroid dienone is 2. The molecule has 1 saturated carbocycles. The molecule has 0 spiro atoms. The van der Waals surface area contributed by atoms with Crippen LogP contribution in [-0.4, -0.2) is 25.3 Å². The molecule has 0 N–H and O–H groups in total. The Balaban J connectivity index is 1.29. The standard InChI is InChI=1S/C47H56N3OSi/c1-8-9-10-19-41-44-33(21-23-38-39-24-25-40(30(2)3)49-47(39)51-46(38)44)20-22-37-35-17-13-14-18-36(35)42-27-34(26-32-15-11-12-16-32)43(52(5,6)7)29-50(42)45(37)31(4)28-48-41/h10,13-14,17-19,21,23-25,27,29-30,32,37,45H,4,8-9,11-12,15-16,20,22,26,28H2,1-3,5-7H3/q+1/b19-10-,48-41-. The van der Waals surface area contributed by atoms with Crippen molar-refractivity contribution >= 4 is 41.0 Å². The Morgan fingerprint density at radius 2 is 1.79 bits per heavy atom. The SMILES string of the molecule is C=C1C/N=C(/C=C\CCC)c2c(ccc3c2oc2nc(C(C)C)ccc23)CCC2c3ccccc3-c3cc(CC4CCCC4)c([Si](C)(C)C)c[n+]3C12. The second kappa shape index (κ2) is 14.0. The Morgan fingerprint density at radius 3 is 2.56 bits per heavy atom. The van der Waals surface area contributed by atoms with Crippen molar-refractivity contribution in [2.24, 2.45) is 10.9 Å². The van der Waals surface area contributed by atoms with Gasteiger partial charge < -0.3 is 4.42 Å². The zero-order chi connectivity index (χ0) is 36.1. The second-order valence-electron chi connectivity index (χ2n) is 17.2. The molecule has 8 rings (SSSR count). The first-order valence-corrected chi connectivity index (χ1v) is 23.5. The summed E-state index contributed by atoms with van der Waals surface area (Å²) in [4.78, 5) is 10.4. The third-order valence-electron chi connectivity index (χ3n) is 12.1. The predicted octanol–water partition coefficient (Wildman–Crippen LogP) is 11.3. The van der Waals surface area contributed by atoms with Crippen molar-refractivity contribution in [1.29, 1.82) is 0 Å². The van der Waals surface area contributed by atoms with E-state index in [0.29, 0.717) is 24.1 Å². The van der Waals surface area contributed by atoms with E-state index in [9.17, 15) is 0 Å². The van der Waals surface area contributed by atoms with E-state index in [2.05, 4.69) is 118 Å². The summed E-state index contributed by atoms with van der Waals surface area (Å²) in [6, 6.07) is 20.9. The molecule has 3 aliphatic rings. The van der Waals surface area contributed by atoms with Crippen LogP contribution in [-0.2, 0) is 12.8 Å². The number of nitrogens with zero attached hydrogens (tertiary/aromatic N) is 3. The van der Waals surface area contributed by atoms with Crippen LogP contribution >= 0.6 is 0 Å². The number of fused-ring (bicyclic) bond motifs is 11. The first-order chi connectivity index (χ1) is 25.1. The number of aryl methyl sites for hydroxylation is 1. The van der Waals surface area contributed by atoms with Crippen LogP contribution in [0.3, 0.4) is 0 Å². The van der Waals surface area contributed by atoms with Crippen LogP contribution in [0.15, 0.2) is 94.5 Å². The van der Waals surface area contributed by atoms with E-state index in [1.165, 1.54) is 60.1 Å². The van der Waals surface area contributed by atoms with E-state index in [0.717, 1.165) is 64.9 Å². The predicted molar refractivity (Wildman–Crippen MR) is 221 cm³/mol. The minimum Gasteiger partial charge on any atom is -0.437 e. The van der Waals surface area contributed by atoms with Crippen molar-refractivity contribution in [2.45, 2.75) is 116 Å². The Hall–Kier alpha value is -4.09. The number of unbranched alkanes of at least 4 members (excludes halogenated alkanes) is 1. The first-order valence-electron chi connectivity index (χ1n) is 20.0. The summed E-state index contributed by atoms with van der Waals surface area (Å²) in [5, 5.41) is 3.80. The summed E-state index contributed by atoms with van der Waals surface area (Å²) in [7, 11) is -1.65. The van der Waals surface area contributed by atoms with Gasteiger partial charge in [0, 0.05) is 44.4 Å². The quantitative estimate of drug-likeness (QED) is 0.0960. The summed E-state index contributed by atoms with van der Waals surface area (Å²) in [6.45, 7) is 19.6. The third kappa shape index (κ3) is 6.33. The fraction of sp³-hybridized carbons (Fsp3) is 0.426. The van der Waals surface area contributed by atoms with Crippen molar-refractivity contribution in [3.8, 4) is 11.3 Å². The fourth-order valence-electron chi connectivity index (χ4n) is 9.39. The monoisotopic (exact) mass is 706 g/mol. The number of rotatable bonds is 7. The van der Waals surface area contributed by atoms with Crippen LogP contribution in [0.4, 0.5) is 0 Å². The summed E-state index contributed by atoms with van der Waals surface area (Å²) in [5.74, 6) is 1.44. The lowest BCUT2D eigenvalue weighted by Gasteiger charge is -2.34. The Kier molecular flexibility index (Phi) is 9.44. The lowest BCUT2D eigenvalue weighted by Crippen LogP contribution is -2.54. The molecular formula is C47H56N3OSi+. The number of aliphatic imine (C=N–C) groups is 1. The zero-order valence-corrected chi connectivity index (χ0v) is 33.3. The molecular weight excluding hydrogens is 651 g/mol. The molecule has 5 aromatic rings. The maximum absolute atomic E-state index is 6.74. The van der Waals surface area contributed by atoms with E-state index in [4.69, 9.17) is 21.0 Å².